The lowest BCUT2D eigenvalue weighted by Crippen LogP contribution is -2.51. The molecule has 1 aliphatic heterocycles. The first-order valence-corrected chi connectivity index (χ1v) is 7.85. The summed E-state index contributed by atoms with van der Waals surface area (Å²) in [7, 11) is -2.14. The molecule has 0 aromatic heterocycles. The summed E-state index contributed by atoms with van der Waals surface area (Å²) >= 11 is 0. The van der Waals surface area contributed by atoms with Crippen LogP contribution in [-0.4, -0.2) is 39.6 Å². The number of anilines is 1. The molecule has 1 unspecified atom stereocenters. The topological polar surface area (TPSA) is 86.7 Å². The minimum atomic E-state index is -3.51. The first kappa shape index (κ1) is 14.8. The second-order valence-electron chi connectivity index (χ2n) is 4.97. The van der Waals surface area contributed by atoms with Gasteiger partial charge in [0.25, 0.3) is 0 Å². The minimum absolute atomic E-state index is 0.0536. The number of carbonyl (C=O) groups is 1. The SMILES string of the molecule is CNS(=O)(=O)c1ccccc1N1CC(C(C)C(=O)O)C1. The molecule has 1 saturated heterocycles. The highest BCUT2D eigenvalue weighted by atomic mass is 32.2. The van der Waals surface area contributed by atoms with Gasteiger partial charge >= 0.3 is 5.97 Å². The van der Waals surface area contributed by atoms with Gasteiger partial charge in [0.1, 0.15) is 4.90 Å². The summed E-state index contributed by atoms with van der Waals surface area (Å²) in [6, 6.07) is 6.74. The van der Waals surface area contributed by atoms with E-state index < -0.39 is 21.9 Å². The van der Waals surface area contributed by atoms with Crippen LogP contribution in [0.4, 0.5) is 5.69 Å². The van der Waals surface area contributed by atoms with Gasteiger partial charge in [-0.15, -0.1) is 0 Å². The Labute approximate surface area is 118 Å². The van der Waals surface area contributed by atoms with Gasteiger partial charge in [-0.3, -0.25) is 4.79 Å². The molecular weight excluding hydrogens is 280 g/mol. The molecule has 110 valence electrons. The molecule has 1 aliphatic rings. The van der Waals surface area contributed by atoms with Crippen molar-refractivity contribution in [1.82, 2.24) is 4.72 Å². The lowest BCUT2D eigenvalue weighted by atomic mass is 9.87. The van der Waals surface area contributed by atoms with Crippen LogP contribution in [-0.2, 0) is 14.8 Å². The van der Waals surface area contributed by atoms with Crippen LogP contribution in [0, 0.1) is 11.8 Å². The summed E-state index contributed by atoms with van der Waals surface area (Å²) in [5.41, 5.74) is 0.621. The highest BCUT2D eigenvalue weighted by Gasteiger charge is 2.36. The van der Waals surface area contributed by atoms with E-state index in [9.17, 15) is 13.2 Å². The van der Waals surface area contributed by atoms with E-state index in [2.05, 4.69) is 4.72 Å². The van der Waals surface area contributed by atoms with Gasteiger partial charge in [0.05, 0.1) is 11.6 Å². The van der Waals surface area contributed by atoms with Gasteiger partial charge in [-0.05, 0) is 19.2 Å². The number of rotatable bonds is 5. The van der Waals surface area contributed by atoms with Crippen molar-refractivity contribution in [3.63, 3.8) is 0 Å². The summed E-state index contributed by atoms with van der Waals surface area (Å²) in [6.07, 6.45) is 0. The van der Waals surface area contributed by atoms with Crippen molar-refractivity contribution in [3.05, 3.63) is 24.3 Å². The Morgan fingerprint density at radius 1 is 1.40 bits per heavy atom. The Bertz CT molecular complexity index is 609. The minimum Gasteiger partial charge on any atom is -0.481 e. The Balaban J connectivity index is 2.19. The molecule has 2 rings (SSSR count). The predicted molar refractivity (Wildman–Crippen MR) is 75.2 cm³/mol. The number of aliphatic carboxylic acids is 1. The molecule has 0 spiro atoms. The molecule has 1 atom stereocenters. The molecule has 1 aromatic carbocycles. The first-order chi connectivity index (χ1) is 9.36. The van der Waals surface area contributed by atoms with E-state index in [0.717, 1.165) is 0 Å². The third kappa shape index (κ3) is 2.64. The van der Waals surface area contributed by atoms with Gasteiger partial charge in [0.15, 0.2) is 0 Å². The fourth-order valence-corrected chi connectivity index (χ4v) is 3.23. The lowest BCUT2D eigenvalue weighted by Gasteiger charge is -2.43. The first-order valence-electron chi connectivity index (χ1n) is 6.37. The zero-order chi connectivity index (χ0) is 14.9. The van der Waals surface area contributed by atoms with Crippen molar-refractivity contribution < 1.29 is 18.3 Å². The summed E-state index contributed by atoms with van der Waals surface area (Å²) in [4.78, 5) is 13.0. The maximum atomic E-state index is 12.0. The second kappa shape index (κ2) is 5.41. The van der Waals surface area contributed by atoms with Crippen molar-refractivity contribution in [2.24, 2.45) is 11.8 Å². The van der Waals surface area contributed by atoms with E-state index >= 15 is 0 Å². The van der Waals surface area contributed by atoms with Crippen LogP contribution in [0.3, 0.4) is 0 Å². The van der Waals surface area contributed by atoms with Gasteiger partial charge < -0.3 is 10.0 Å². The predicted octanol–water partition coefficient (Wildman–Crippen LogP) is 0.752. The number of carboxylic acids is 1. The number of hydrogen-bond donors (Lipinski definition) is 2. The summed E-state index contributed by atoms with van der Waals surface area (Å²) in [6.45, 7) is 2.80. The Morgan fingerprint density at radius 2 is 2.00 bits per heavy atom. The van der Waals surface area contributed by atoms with Crippen LogP contribution < -0.4 is 9.62 Å². The smallest absolute Gasteiger partial charge is 0.306 e. The summed E-state index contributed by atoms with van der Waals surface area (Å²) in [5.74, 6) is -1.18. The number of nitrogens with zero attached hydrogens (tertiary/aromatic N) is 1. The van der Waals surface area contributed by atoms with E-state index in [4.69, 9.17) is 5.11 Å². The zero-order valence-corrected chi connectivity index (χ0v) is 12.2. The number of hydrogen-bond acceptors (Lipinski definition) is 4. The fourth-order valence-electron chi connectivity index (χ4n) is 2.28. The molecule has 0 saturated carbocycles. The average Bonchev–Trinajstić information content (AvgIpc) is 2.37. The quantitative estimate of drug-likeness (QED) is 0.838. The van der Waals surface area contributed by atoms with Crippen molar-refractivity contribution in [2.75, 3.05) is 25.0 Å². The maximum absolute atomic E-state index is 12.0. The summed E-state index contributed by atoms with van der Waals surface area (Å²) < 4.78 is 26.2. The van der Waals surface area contributed by atoms with E-state index in [0.29, 0.717) is 18.8 Å². The van der Waals surface area contributed by atoms with Gasteiger partial charge in [-0.25, -0.2) is 13.1 Å². The summed E-state index contributed by atoms with van der Waals surface area (Å²) in [5, 5.41) is 8.97. The maximum Gasteiger partial charge on any atom is 0.306 e. The van der Waals surface area contributed by atoms with Crippen molar-refractivity contribution >= 4 is 21.7 Å². The number of carboxylic acid groups (broad SMARTS) is 1. The normalized spacial score (nSPS) is 17.6. The molecule has 7 heteroatoms. The number of nitrogens with one attached hydrogen (secondary N) is 1. The van der Waals surface area contributed by atoms with E-state index in [1.807, 2.05) is 4.90 Å². The van der Waals surface area contributed by atoms with Crippen molar-refractivity contribution in [2.45, 2.75) is 11.8 Å². The van der Waals surface area contributed by atoms with Gasteiger partial charge in [-0.1, -0.05) is 19.1 Å². The second-order valence-corrected chi connectivity index (χ2v) is 6.82. The van der Waals surface area contributed by atoms with Crippen LogP contribution in [0.2, 0.25) is 0 Å². The number of sulfonamides is 1. The van der Waals surface area contributed by atoms with E-state index in [1.54, 1.807) is 31.2 Å². The molecule has 0 amide bonds. The van der Waals surface area contributed by atoms with Crippen LogP contribution in [0.25, 0.3) is 0 Å². The molecule has 0 aliphatic carbocycles. The van der Waals surface area contributed by atoms with E-state index in [1.165, 1.54) is 7.05 Å². The van der Waals surface area contributed by atoms with Gasteiger partial charge in [0, 0.05) is 19.0 Å². The third-order valence-electron chi connectivity index (χ3n) is 3.77. The molecule has 6 nitrogen and oxygen atoms in total. The highest BCUT2D eigenvalue weighted by Crippen LogP contribution is 2.33. The molecule has 20 heavy (non-hydrogen) atoms. The Hall–Kier alpha value is -1.60. The monoisotopic (exact) mass is 298 g/mol. The molecule has 1 fully saturated rings. The van der Waals surface area contributed by atoms with Gasteiger partial charge in [0.2, 0.25) is 10.0 Å². The third-order valence-corrected chi connectivity index (χ3v) is 5.23. The van der Waals surface area contributed by atoms with Crippen LogP contribution >= 0.6 is 0 Å². The molecule has 0 radical (unpaired) electrons. The number of benzene rings is 1. The molecule has 1 heterocycles. The zero-order valence-electron chi connectivity index (χ0n) is 11.4. The average molecular weight is 298 g/mol. The molecule has 0 bridgehead atoms. The van der Waals surface area contributed by atoms with Gasteiger partial charge in [-0.2, -0.15) is 0 Å². The lowest BCUT2D eigenvalue weighted by molar-refractivity contribution is -0.143. The standard InChI is InChI=1S/C13H18N2O4S/c1-9(13(16)17)10-7-15(8-10)11-5-3-4-6-12(11)20(18,19)14-2/h3-6,9-10,14H,7-8H2,1-2H3,(H,16,17). The van der Waals surface area contributed by atoms with E-state index in [-0.39, 0.29) is 10.8 Å². The molecular formula is C13H18N2O4S. The van der Waals surface area contributed by atoms with Crippen LogP contribution in [0.15, 0.2) is 29.2 Å². The van der Waals surface area contributed by atoms with Crippen molar-refractivity contribution in [3.8, 4) is 0 Å². The van der Waals surface area contributed by atoms with Crippen LogP contribution in [0.5, 0.6) is 0 Å². The Morgan fingerprint density at radius 3 is 2.55 bits per heavy atom. The highest BCUT2D eigenvalue weighted by molar-refractivity contribution is 7.89. The van der Waals surface area contributed by atoms with Crippen LogP contribution in [0.1, 0.15) is 6.92 Å². The Kier molecular flexibility index (Phi) is 4.01. The molecule has 1 aromatic rings. The molecule has 2 N–H and O–H groups in total. The fraction of sp³-hybridized carbons (Fsp3) is 0.462. The van der Waals surface area contributed by atoms with Crippen molar-refractivity contribution in [1.29, 1.82) is 0 Å². The number of para-hydroxylation sites is 1. The largest absolute Gasteiger partial charge is 0.481 e.